The lowest BCUT2D eigenvalue weighted by atomic mass is 10.1. The van der Waals surface area contributed by atoms with Gasteiger partial charge in [-0.2, -0.15) is 16.6 Å². The Labute approximate surface area is 240 Å². The van der Waals surface area contributed by atoms with Crippen LogP contribution in [0.25, 0.3) is 0 Å². The van der Waals surface area contributed by atoms with E-state index in [1.54, 1.807) is 6.92 Å². The van der Waals surface area contributed by atoms with Crippen LogP contribution in [-0.2, 0) is 28.6 Å². The molecule has 0 aliphatic rings. The number of rotatable bonds is 29. The van der Waals surface area contributed by atoms with Crippen molar-refractivity contribution in [1.82, 2.24) is 0 Å². The van der Waals surface area contributed by atoms with E-state index in [0.717, 1.165) is 18.6 Å². The van der Waals surface area contributed by atoms with E-state index < -0.39 is 20.0 Å². The molecule has 0 rings (SSSR count). The molecule has 0 heterocycles. The van der Waals surface area contributed by atoms with E-state index in [9.17, 15) is 9.36 Å². The molecule has 3 atom stereocenters. The molecule has 0 aliphatic heterocycles. The molecule has 0 N–H and O–H groups in total. The monoisotopic (exact) mass is 578 g/mol. The molecule has 0 radical (unpaired) electrons. The minimum atomic E-state index is -2.08. The zero-order valence-corrected chi connectivity index (χ0v) is 27.0. The fourth-order valence-electron chi connectivity index (χ4n) is 4.27. The molecule has 0 fully saturated rings. The molecular formula is C30H59O6PS. The Morgan fingerprint density at radius 3 is 1.79 bits per heavy atom. The van der Waals surface area contributed by atoms with Crippen LogP contribution in [0.5, 0.6) is 0 Å². The summed E-state index contributed by atoms with van der Waals surface area (Å²) < 4.78 is 22.6. The highest BCUT2D eigenvalue weighted by Gasteiger charge is 2.47. The molecule has 0 aromatic heterocycles. The third-order valence-corrected chi connectivity index (χ3v) is 8.86. The van der Waals surface area contributed by atoms with Gasteiger partial charge >= 0.3 is 11.5 Å². The second kappa shape index (κ2) is 27.0. The Kier molecular flexibility index (Phi) is 26.9. The van der Waals surface area contributed by atoms with E-state index in [0.29, 0.717) is 6.42 Å². The van der Waals surface area contributed by atoms with Crippen LogP contribution in [0.1, 0.15) is 150 Å². The first kappa shape index (κ1) is 37.8. The summed E-state index contributed by atoms with van der Waals surface area (Å²) >= 11 is 1.93. The Bertz CT molecular complexity index is 553. The summed E-state index contributed by atoms with van der Waals surface area (Å²) in [7, 11) is -0.632. The van der Waals surface area contributed by atoms with Crippen LogP contribution in [0.15, 0.2) is 0 Å². The summed E-state index contributed by atoms with van der Waals surface area (Å²) in [5.41, 5.74) is -2.08. The normalized spacial score (nSPS) is 14.9. The van der Waals surface area contributed by atoms with Crippen LogP contribution < -0.4 is 0 Å². The second-order valence-electron chi connectivity index (χ2n) is 10.3. The third kappa shape index (κ3) is 19.0. The maximum absolute atomic E-state index is 12.5. The van der Waals surface area contributed by atoms with Crippen molar-refractivity contribution in [2.24, 2.45) is 0 Å². The van der Waals surface area contributed by atoms with Crippen LogP contribution in [0.3, 0.4) is 0 Å². The predicted octanol–water partition coefficient (Wildman–Crippen LogP) is 10.0. The van der Waals surface area contributed by atoms with Crippen molar-refractivity contribution in [2.75, 3.05) is 19.0 Å². The largest absolute Gasteiger partial charge is 0.461 e. The molecule has 38 heavy (non-hydrogen) atoms. The minimum Gasteiger partial charge on any atom is -0.461 e. The van der Waals surface area contributed by atoms with Gasteiger partial charge in [-0.1, -0.05) is 117 Å². The van der Waals surface area contributed by atoms with Crippen molar-refractivity contribution in [2.45, 2.75) is 167 Å². The zero-order chi connectivity index (χ0) is 28.3. The average molecular weight is 579 g/mol. The van der Waals surface area contributed by atoms with Gasteiger partial charge in [-0.25, -0.2) is 9.68 Å². The summed E-state index contributed by atoms with van der Waals surface area (Å²) in [6, 6.07) is 0. The summed E-state index contributed by atoms with van der Waals surface area (Å²) in [6.07, 6.45) is 22.2. The number of ether oxygens (including phenoxy) is 2. The SMILES string of the molecule is CCCCCCCCCCCCSC(CCCCCCCC)C(C)OOC(OCCC)(P=O)C(=O)OCC. The van der Waals surface area contributed by atoms with Gasteiger partial charge in [-0.3, -0.25) is 4.57 Å². The number of carbonyl (C=O) groups is 1. The Morgan fingerprint density at radius 1 is 0.763 bits per heavy atom. The summed E-state index contributed by atoms with van der Waals surface area (Å²) in [4.78, 5) is 23.7. The number of thioether (sulfide) groups is 1. The Morgan fingerprint density at radius 2 is 1.29 bits per heavy atom. The fourth-order valence-corrected chi connectivity index (χ4v) is 5.95. The molecular weight excluding hydrogens is 519 g/mol. The smallest absolute Gasteiger partial charge is 0.382 e. The molecule has 0 bridgehead atoms. The van der Waals surface area contributed by atoms with Crippen LogP contribution in [0.2, 0.25) is 0 Å². The first-order valence-electron chi connectivity index (χ1n) is 15.6. The van der Waals surface area contributed by atoms with E-state index in [1.807, 2.05) is 25.6 Å². The molecule has 0 aromatic carbocycles. The van der Waals surface area contributed by atoms with Gasteiger partial charge in [0.05, 0.1) is 13.2 Å². The number of unbranched alkanes of at least 4 members (excludes halogenated alkanes) is 14. The van der Waals surface area contributed by atoms with Crippen molar-refractivity contribution in [3.8, 4) is 0 Å². The molecule has 0 spiro atoms. The molecule has 0 amide bonds. The van der Waals surface area contributed by atoms with Crippen LogP contribution in [0.4, 0.5) is 0 Å². The van der Waals surface area contributed by atoms with Gasteiger partial charge in [0.1, 0.15) is 6.10 Å². The summed E-state index contributed by atoms with van der Waals surface area (Å²) in [5.74, 6) is 0.252. The highest BCUT2D eigenvalue weighted by atomic mass is 32.2. The molecule has 8 heteroatoms. The van der Waals surface area contributed by atoms with Gasteiger partial charge in [-0.15, -0.1) is 0 Å². The lowest BCUT2D eigenvalue weighted by Gasteiger charge is -2.28. The van der Waals surface area contributed by atoms with Crippen molar-refractivity contribution in [1.29, 1.82) is 0 Å². The maximum atomic E-state index is 12.5. The van der Waals surface area contributed by atoms with Crippen molar-refractivity contribution in [3.63, 3.8) is 0 Å². The van der Waals surface area contributed by atoms with Gasteiger partial charge in [0.25, 0.3) is 0 Å². The first-order valence-corrected chi connectivity index (χ1v) is 17.5. The van der Waals surface area contributed by atoms with Crippen LogP contribution in [-0.4, -0.2) is 41.8 Å². The minimum absolute atomic E-state index is 0.139. The van der Waals surface area contributed by atoms with E-state index >= 15 is 0 Å². The zero-order valence-electron chi connectivity index (χ0n) is 25.3. The Balaban J connectivity index is 4.72. The number of esters is 1. The van der Waals surface area contributed by atoms with Crippen LogP contribution in [0, 0.1) is 0 Å². The molecule has 6 nitrogen and oxygen atoms in total. The lowest BCUT2D eigenvalue weighted by molar-refractivity contribution is -0.403. The summed E-state index contributed by atoms with van der Waals surface area (Å²) in [6.45, 7) is 10.4. The van der Waals surface area contributed by atoms with E-state index in [-0.39, 0.29) is 24.6 Å². The maximum Gasteiger partial charge on any atom is 0.382 e. The summed E-state index contributed by atoms with van der Waals surface area (Å²) in [5, 5.41) is 0.231. The highest BCUT2D eigenvalue weighted by Crippen LogP contribution is 2.32. The highest BCUT2D eigenvalue weighted by molar-refractivity contribution is 7.99. The number of carbonyl (C=O) groups excluding carboxylic acids is 1. The van der Waals surface area contributed by atoms with E-state index in [1.165, 1.54) is 96.3 Å². The van der Waals surface area contributed by atoms with Gasteiger partial charge < -0.3 is 9.47 Å². The van der Waals surface area contributed by atoms with Crippen molar-refractivity contribution in [3.05, 3.63) is 0 Å². The van der Waals surface area contributed by atoms with Crippen molar-refractivity contribution < 1.29 is 28.6 Å². The molecule has 0 aromatic rings. The average Bonchev–Trinajstić information content (AvgIpc) is 2.92. The second-order valence-corrected chi connectivity index (χ2v) is 12.4. The standard InChI is InChI=1S/C30H59O6PS/c1-6-10-12-14-16-17-18-19-21-23-26-38-28(24-22-20-15-13-11-7-2)27(5)35-36-30(37-32,34-25-8-3)29(31)33-9-4/h27-28H,6-26H2,1-5H3. The quantitative estimate of drug-likeness (QED) is 0.0218. The van der Waals surface area contributed by atoms with E-state index in [2.05, 4.69) is 13.8 Å². The topological polar surface area (TPSA) is 71.1 Å². The van der Waals surface area contributed by atoms with Crippen molar-refractivity contribution >= 4 is 26.2 Å². The third-order valence-electron chi connectivity index (χ3n) is 6.66. The van der Waals surface area contributed by atoms with Gasteiger partial charge in [0.2, 0.25) is 8.46 Å². The van der Waals surface area contributed by atoms with Crippen LogP contribution >= 0.6 is 20.2 Å². The molecule has 0 aliphatic carbocycles. The van der Waals surface area contributed by atoms with Gasteiger partial charge in [-0.05, 0) is 38.9 Å². The number of hydrogen-bond donors (Lipinski definition) is 0. The molecule has 226 valence electrons. The first-order chi connectivity index (χ1) is 18.5. The van der Waals surface area contributed by atoms with E-state index in [4.69, 9.17) is 19.2 Å². The lowest BCUT2D eigenvalue weighted by Crippen LogP contribution is -2.42. The van der Waals surface area contributed by atoms with Gasteiger partial charge in [0, 0.05) is 5.25 Å². The molecule has 3 unspecified atom stereocenters. The molecule has 0 saturated carbocycles. The predicted molar refractivity (Wildman–Crippen MR) is 161 cm³/mol. The molecule has 0 saturated heterocycles. The van der Waals surface area contributed by atoms with Gasteiger partial charge in [0.15, 0.2) is 0 Å². The number of hydrogen-bond acceptors (Lipinski definition) is 7. The Hall–Kier alpha value is -0.200. The fraction of sp³-hybridized carbons (Fsp3) is 0.967.